The fourth-order valence-electron chi connectivity index (χ4n) is 3.88. The summed E-state index contributed by atoms with van der Waals surface area (Å²) in [4.78, 5) is 26.2. The first-order chi connectivity index (χ1) is 14.8. The van der Waals surface area contributed by atoms with Crippen LogP contribution in [0.4, 0.5) is 11.4 Å². The molecule has 0 atom stereocenters. The van der Waals surface area contributed by atoms with Crippen molar-refractivity contribution in [1.82, 2.24) is 4.31 Å². The van der Waals surface area contributed by atoms with Crippen LogP contribution >= 0.6 is 0 Å². The van der Waals surface area contributed by atoms with Gasteiger partial charge in [-0.25, -0.2) is 8.42 Å². The lowest BCUT2D eigenvalue weighted by molar-refractivity contribution is -0.118. The number of benzene rings is 2. The molecule has 8 heteroatoms. The summed E-state index contributed by atoms with van der Waals surface area (Å²) in [7, 11) is -3.53. The standard InChI is InChI=1S/C23H29N3O4S/c1-4-25(5-2)31(29,30)21-12-13-22-19(16-21)7-6-14-26(22)23(28)15-18-8-10-20(11-9-18)24-17(3)27/h8-13,16H,4-7,14-15H2,1-3H3,(H,24,27). The summed E-state index contributed by atoms with van der Waals surface area (Å²) in [6, 6.07) is 12.3. The summed E-state index contributed by atoms with van der Waals surface area (Å²) in [5.41, 5.74) is 3.21. The van der Waals surface area contributed by atoms with Gasteiger partial charge in [-0.3, -0.25) is 9.59 Å². The van der Waals surface area contributed by atoms with Crippen molar-refractivity contribution in [2.45, 2.75) is 44.9 Å². The Morgan fingerprint density at radius 3 is 2.35 bits per heavy atom. The summed E-state index contributed by atoms with van der Waals surface area (Å²) in [5.74, 6) is -0.177. The molecule has 0 aliphatic carbocycles. The Morgan fingerprint density at radius 1 is 1.06 bits per heavy atom. The molecular weight excluding hydrogens is 414 g/mol. The number of rotatable bonds is 7. The Balaban J connectivity index is 1.79. The molecule has 7 nitrogen and oxygen atoms in total. The predicted octanol–water partition coefficient (Wildman–Crippen LogP) is 3.20. The lowest BCUT2D eigenvalue weighted by Gasteiger charge is -2.30. The number of nitrogens with one attached hydrogen (secondary N) is 1. The molecule has 1 aliphatic heterocycles. The van der Waals surface area contributed by atoms with E-state index < -0.39 is 10.0 Å². The van der Waals surface area contributed by atoms with E-state index >= 15 is 0 Å². The quantitative estimate of drug-likeness (QED) is 0.712. The second-order valence-corrected chi connectivity index (χ2v) is 9.52. The summed E-state index contributed by atoms with van der Waals surface area (Å²) in [5, 5.41) is 2.71. The van der Waals surface area contributed by atoms with Crippen molar-refractivity contribution < 1.29 is 18.0 Å². The van der Waals surface area contributed by atoms with Crippen molar-refractivity contribution in [2.75, 3.05) is 29.9 Å². The van der Waals surface area contributed by atoms with Gasteiger partial charge < -0.3 is 10.2 Å². The number of hydrogen-bond donors (Lipinski definition) is 1. The van der Waals surface area contributed by atoms with Crippen LogP contribution in [0.1, 0.15) is 38.3 Å². The molecule has 1 N–H and O–H groups in total. The number of nitrogens with zero attached hydrogens (tertiary/aromatic N) is 2. The van der Waals surface area contributed by atoms with Crippen molar-refractivity contribution >= 4 is 33.2 Å². The van der Waals surface area contributed by atoms with Crippen LogP contribution in [-0.2, 0) is 32.5 Å². The van der Waals surface area contributed by atoms with Gasteiger partial charge in [-0.05, 0) is 54.3 Å². The number of carbonyl (C=O) groups is 2. The number of sulfonamides is 1. The van der Waals surface area contributed by atoms with Gasteiger partial charge in [0.2, 0.25) is 21.8 Å². The van der Waals surface area contributed by atoms with Crippen molar-refractivity contribution in [3.63, 3.8) is 0 Å². The third-order valence-corrected chi connectivity index (χ3v) is 7.49. The highest BCUT2D eigenvalue weighted by atomic mass is 32.2. The van der Waals surface area contributed by atoms with Gasteiger partial charge in [-0.1, -0.05) is 26.0 Å². The van der Waals surface area contributed by atoms with Crippen LogP contribution in [-0.4, -0.2) is 44.2 Å². The van der Waals surface area contributed by atoms with Crippen LogP contribution < -0.4 is 10.2 Å². The van der Waals surface area contributed by atoms with Gasteiger partial charge in [0.15, 0.2) is 0 Å². The minimum Gasteiger partial charge on any atom is -0.326 e. The molecule has 2 aromatic rings. The summed E-state index contributed by atoms with van der Waals surface area (Å²) < 4.78 is 27.1. The highest BCUT2D eigenvalue weighted by Crippen LogP contribution is 2.31. The zero-order valence-electron chi connectivity index (χ0n) is 18.2. The van der Waals surface area contributed by atoms with Crippen LogP contribution in [0.15, 0.2) is 47.4 Å². The van der Waals surface area contributed by atoms with Crippen molar-refractivity contribution in [2.24, 2.45) is 0 Å². The minimum absolute atomic E-state index is 0.0347. The predicted molar refractivity (Wildman–Crippen MR) is 122 cm³/mol. The molecule has 2 aromatic carbocycles. The van der Waals surface area contributed by atoms with E-state index in [2.05, 4.69) is 5.32 Å². The average molecular weight is 444 g/mol. The number of fused-ring (bicyclic) bond motifs is 1. The lowest BCUT2D eigenvalue weighted by Crippen LogP contribution is -2.37. The van der Waals surface area contributed by atoms with Crippen LogP contribution in [0.3, 0.4) is 0 Å². The van der Waals surface area contributed by atoms with E-state index in [0.29, 0.717) is 25.3 Å². The molecule has 2 amide bonds. The smallest absolute Gasteiger partial charge is 0.243 e. The van der Waals surface area contributed by atoms with Gasteiger partial charge in [0.1, 0.15) is 0 Å². The molecule has 1 aliphatic rings. The van der Waals surface area contributed by atoms with E-state index in [1.807, 2.05) is 26.0 Å². The van der Waals surface area contributed by atoms with Gasteiger partial charge >= 0.3 is 0 Å². The highest BCUT2D eigenvalue weighted by molar-refractivity contribution is 7.89. The molecule has 0 radical (unpaired) electrons. The normalized spacial score (nSPS) is 13.7. The number of amides is 2. The second-order valence-electron chi connectivity index (χ2n) is 7.58. The van der Waals surface area contributed by atoms with E-state index in [0.717, 1.165) is 29.7 Å². The number of aryl methyl sites for hydroxylation is 1. The number of hydrogen-bond acceptors (Lipinski definition) is 4. The molecule has 31 heavy (non-hydrogen) atoms. The molecule has 0 saturated heterocycles. The zero-order chi connectivity index (χ0) is 22.6. The Hall–Kier alpha value is -2.71. The fraction of sp³-hybridized carbons (Fsp3) is 0.391. The van der Waals surface area contributed by atoms with Crippen LogP contribution in [0.25, 0.3) is 0 Å². The van der Waals surface area contributed by atoms with Crippen LogP contribution in [0.5, 0.6) is 0 Å². The Kier molecular flexibility index (Phi) is 7.12. The maximum absolute atomic E-state index is 13.0. The molecule has 0 bridgehead atoms. The molecule has 1 heterocycles. The largest absolute Gasteiger partial charge is 0.326 e. The van der Waals surface area contributed by atoms with E-state index in [4.69, 9.17) is 0 Å². The average Bonchev–Trinajstić information content (AvgIpc) is 2.74. The van der Waals surface area contributed by atoms with Gasteiger partial charge in [0.05, 0.1) is 11.3 Å². The Bertz CT molecular complexity index is 1060. The third-order valence-electron chi connectivity index (χ3n) is 5.44. The molecule has 0 fully saturated rings. The van der Waals surface area contributed by atoms with E-state index in [1.54, 1.807) is 35.2 Å². The second kappa shape index (κ2) is 9.62. The Morgan fingerprint density at radius 2 is 1.74 bits per heavy atom. The van der Waals surface area contributed by atoms with Crippen LogP contribution in [0, 0.1) is 0 Å². The maximum atomic E-state index is 13.0. The zero-order valence-corrected chi connectivity index (χ0v) is 19.0. The lowest BCUT2D eigenvalue weighted by atomic mass is 10.0. The SMILES string of the molecule is CCN(CC)S(=O)(=O)c1ccc2c(c1)CCCN2C(=O)Cc1ccc(NC(C)=O)cc1. The first kappa shape index (κ1) is 23.0. The molecule has 166 valence electrons. The third kappa shape index (κ3) is 5.14. The van der Waals surface area contributed by atoms with E-state index in [-0.39, 0.29) is 23.1 Å². The van der Waals surface area contributed by atoms with Crippen LogP contribution in [0.2, 0.25) is 0 Å². The first-order valence-corrected chi connectivity index (χ1v) is 12.0. The van der Waals surface area contributed by atoms with Gasteiger partial charge in [0, 0.05) is 37.9 Å². The molecular formula is C23H29N3O4S. The van der Waals surface area contributed by atoms with Crippen molar-refractivity contribution in [3.05, 3.63) is 53.6 Å². The van der Waals surface area contributed by atoms with Crippen molar-refractivity contribution in [3.8, 4) is 0 Å². The van der Waals surface area contributed by atoms with Gasteiger partial charge in [-0.15, -0.1) is 0 Å². The monoisotopic (exact) mass is 443 g/mol. The van der Waals surface area contributed by atoms with E-state index in [9.17, 15) is 18.0 Å². The molecule has 0 spiro atoms. The summed E-state index contributed by atoms with van der Waals surface area (Å²) in [6.45, 7) is 6.54. The van der Waals surface area contributed by atoms with Gasteiger partial charge in [-0.2, -0.15) is 4.31 Å². The van der Waals surface area contributed by atoms with Crippen molar-refractivity contribution in [1.29, 1.82) is 0 Å². The van der Waals surface area contributed by atoms with Gasteiger partial charge in [0.25, 0.3) is 0 Å². The minimum atomic E-state index is -3.53. The highest BCUT2D eigenvalue weighted by Gasteiger charge is 2.27. The number of anilines is 2. The van der Waals surface area contributed by atoms with E-state index in [1.165, 1.54) is 11.2 Å². The topological polar surface area (TPSA) is 86.8 Å². The maximum Gasteiger partial charge on any atom is 0.243 e. The molecule has 0 aromatic heterocycles. The Labute approximate surface area is 184 Å². The molecule has 3 rings (SSSR count). The molecule has 0 saturated carbocycles. The first-order valence-electron chi connectivity index (χ1n) is 10.6. The summed E-state index contributed by atoms with van der Waals surface area (Å²) >= 11 is 0. The number of carbonyl (C=O) groups excluding carboxylic acids is 2. The molecule has 0 unspecified atom stereocenters. The summed E-state index contributed by atoms with van der Waals surface area (Å²) in [6.07, 6.45) is 1.76. The fourth-order valence-corrected chi connectivity index (χ4v) is 5.39.